The summed E-state index contributed by atoms with van der Waals surface area (Å²) in [6.07, 6.45) is 17.2. The van der Waals surface area contributed by atoms with Crippen LogP contribution in [0.1, 0.15) is 25.8 Å². The van der Waals surface area contributed by atoms with E-state index in [2.05, 4.69) is 32.0 Å². The topological polar surface area (TPSA) is 83.9 Å². The number of ketones is 1. The number of amides is 1. The summed E-state index contributed by atoms with van der Waals surface area (Å²) in [7, 11) is 0. The number of rotatable bonds is 4. The van der Waals surface area contributed by atoms with Crippen LogP contribution >= 0.6 is 0 Å². The molecule has 0 atom stereocenters. The van der Waals surface area contributed by atoms with Gasteiger partial charge in [-0.1, -0.05) is 6.58 Å². The number of terminal acetylenes is 1. The fourth-order valence-electron chi connectivity index (χ4n) is 3.73. The molecule has 0 aliphatic carbocycles. The molecule has 4 rings (SSSR count). The first-order valence-corrected chi connectivity index (χ1v) is 10.7. The van der Waals surface area contributed by atoms with Gasteiger partial charge in [0.2, 0.25) is 0 Å². The molecule has 172 valence electrons. The molecule has 1 saturated heterocycles. The number of aromatic nitrogens is 3. The zero-order valence-corrected chi connectivity index (χ0v) is 18.6. The largest absolute Gasteiger partial charge is 0.465 e. The first kappa shape index (κ1) is 22.9. The third-order valence-corrected chi connectivity index (χ3v) is 5.45. The van der Waals surface area contributed by atoms with Crippen LogP contribution in [0, 0.1) is 12.3 Å². The molecule has 2 aromatic heterocycles. The fraction of sp³-hybridized carbons (Fsp3) is 0.240. The number of fused-ring (bicyclic) bond motifs is 1. The summed E-state index contributed by atoms with van der Waals surface area (Å²) in [4.78, 5) is 26.9. The molecule has 9 heteroatoms. The number of hydrogen-bond acceptors (Lipinski definition) is 5. The predicted molar refractivity (Wildman–Crippen MR) is 127 cm³/mol. The van der Waals surface area contributed by atoms with Crippen LogP contribution in [0.3, 0.4) is 0 Å². The van der Waals surface area contributed by atoms with E-state index < -0.39 is 11.9 Å². The highest BCUT2D eigenvalue weighted by Crippen LogP contribution is 2.30. The van der Waals surface area contributed by atoms with Gasteiger partial charge in [0, 0.05) is 37.6 Å². The summed E-state index contributed by atoms with van der Waals surface area (Å²) < 4.78 is 26.1. The normalized spacial score (nSPS) is 18.6. The SMILES string of the molecule is C#C/C(=C\C=C(/C)F)OC(=O)N1CCC(n2ccc3c([O+]=C4C=CC=NC4=C)ncnc32)CC1. The van der Waals surface area contributed by atoms with Crippen LogP contribution in [0.5, 0.6) is 5.88 Å². The van der Waals surface area contributed by atoms with Crippen molar-refractivity contribution < 1.29 is 18.3 Å². The number of hydrogen-bond donors (Lipinski definition) is 0. The van der Waals surface area contributed by atoms with Crippen LogP contribution < -0.4 is 0 Å². The lowest BCUT2D eigenvalue weighted by molar-refractivity contribution is -0.368. The second-order valence-corrected chi connectivity index (χ2v) is 7.70. The van der Waals surface area contributed by atoms with Crippen molar-refractivity contribution in [2.45, 2.75) is 25.8 Å². The zero-order chi connectivity index (χ0) is 24.1. The van der Waals surface area contributed by atoms with Gasteiger partial charge in [0.25, 0.3) is 0 Å². The summed E-state index contributed by atoms with van der Waals surface area (Å²) in [5.74, 6) is 2.72. The maximum Gasteiger partial charge on any atom is 0.465 e. The molecule has 2 aliphatic heterocycles. The van der Waals surface area contributed by atoms with Gasteiger partial charge in [-0.15, -0.1) is 11.4 Å². The van der Waals surface area contributed by atoms with E-state index in [1.807, 2.05) is 12.3 Å². The van der Waals surface area contributed by atoms with Gasteiger partial charge in [0.05, 0.1) is 5.83 Å². The quantitative estimate of drug-likeness (QED) is 0.220. The van der Waals surface area contributed by atoms with E-state index in [-0.39, 0.29) is 11.8 Å². The summed E-state index contributed by atoms with van der Waals surface area (Å²) in [6, 6.07) is 2.04. The molecule has 0 N–H and O–H groups in total. The van der Waals surface area contributed by atoms with Crippen molar-refractivity contribution in [1.82, 2.24) is 19.4 Å². The van der Waals surface area contributed by atoms with Crippen LogP contribution in [-0.4, -0.2) is 50.6 Å². The molecule has 1 amide bonds. The average molecular weight is 460 g/mol. The number of carbonyl (C=O) groups excluding carboxylic acids is 2. The van der Waals surface area contributed by atoms with E-state index in [0.29, 0.717) is 43.3 Å². The number of nitrogens with zero attached hydrogens (tertiary/aromatic N) is 5. The molecule has 0 spiro atoms. The molecular weight excluding hydrogens is 437 g/mol. The Balaban J connectivity index is 1.46. The Morgan fingerprint density at radius 1 is 1.35 bits per heavy atom. The minimum Gasteiger partial charge on any atom is -0.401 e. The van der Waals surface area contributed by atoms with Crippen LogP contribution in [0.25, 0.3) is 11.0 Å². The van der Waals surface area contributed by atoms with E-state index >= 15 is 0 Å². The highest BCUT2D eigenvalue weighted by Gasteiger charge is 2.28. The molecule has 0 bridgehead atoms. The van der Waals surface area contributed by atoms with Crippen LogP contribution in [0.2, 0.25) is 0 Å². The molecule has 2 aromatic rings. The molecule has 0 unspecified atom stereocenters. The minimum absolute atomic E-state index is 0.0381. The predicted octanol–water partition coefficient (Wildman–Crippen LogP) is 4.57. The summed E-state index contributed by atoms with van der Waals surface area (Å²) >= 11 is 0. The van der Waals surface area contributed by atoms with Crippen molar-refractivity contribution in [2.75, 3.05) is 13.1 Å². The number of halogens is 1. The van der Waals surface area contributed by atoms with Crippen molar-refractivity contribution in [3.8, 4) is 18.2 Å². The first-order chi connectivity index (χ1) is 16.5. The lowest BCUT2D eigenvalue weighted by Crippen LogP contribution is -2.39. The minimum atomic E-state index is -0.552. The van der Waals surface area contributed by atoms with Gasteiger partial charge in [0.1, 0.15) is 11.7 Å². The van der Waals surface area contributed by atoms with Gasteiger partial charge in [-0.3, -0.25) is 0 Å². The third kappa shape index (κ3) is 5.02. The van der Waals surface area contributed by atoms with Gasteiger partial charge >= 0.3 is 17.8 Å². The standard InChI is InChI=1S/C25H23FN5O3/c1-4-20(8-7-17(2)26)33-25(32)30-13-9-19(10-14-30)31-15-11-21-23(31)28-16-29-24(21)34-22-6-5-12-27-18(22)3/h1,5-8,11-12,15-16,19H,3,9-10,13-14H2,2H3/q+1/b17-7+,20-8+. The number of carbonyl (C=O) groups is 1. The number of likely N-dealkylation sites (tertiary alicyclic amines) is 1. The van der Waals surface area contributed by atoms with Gasteiger partial charge < -0.3 is 14.2 Å². The molecule has 4 heterocycles. The molecule has 8 nitrogen and oxygen atoms in total. The van der Waals surface area contributed by atoms with Gasteiger partial charge in [-0.05, 0) is 50.0 Å². The second-order valence-electron chi connectivity index (χ2n) is 7.70. The molecule has 1 fully saturated rings. The maximum absolute atomic E-state index is 12.9. The summed E-state index contributed by atoms with van der Waals surface area (Å²) in [5, 5.41) is 0.771. The lowest BCUT2D eigenvalue weighted by Gasteiger charge is -2.32. The van der Waals surface area contributed by atoms with E-state index in [9.17, 15) is 9.18 Å². The highest BCUT2D eigenvalue weighted by molar-refractivity contribution is 6.09. The van der Waals surface area contributed by atoms with Crippen LogP contribution in [0.4, 0.5) is 9.18 Å². The third-order valence-electron chi connectivity index (χ3n) is 5.45. The monoisotopic (exact) mass is 460 g/mol. The number of dihydropyridines is 1. The maximum atomic E-state index is 12.9. The van der Waals surface area contributed by atoms with Gasteiger partial charge in [-0.25, -0.2) is 19.2 Å². The molecule has 2 aliphatic rings. The fourth-order valence-corrected chi connectivity index (χ4v) is 3.73. The number of piperidine rings is 1. The van der Waals surface area contributed by atoms with Crippen molar-refractivity contribution in [3.05, 3.63) is 66.8 Å². The molecular formula is C25H23FN5O3+. The summed E-state index contributed by atoms with van der Waals surface area (Å²) in [6.45, 7) is 6.11. The summed E-state index contributed by atoms with van der Waals surface area (Å²) in [5.41, 5.74) is 1.26. The molecule has 0 saturated carbocycles. The van der Waals surface area contributed by atoms with Crippen molar-refractivity contribution >= 4 is 29.1 Å². The van der Waals surface area contributed by atoms with Gasteiger partial charge in [0.15, 0.2) is 17.1 Å². The Hall–Kier alpha value is -4.32. The Bertz CT molecular complexity index is 1310. The average Bonchev–Trinajstić information content (AvgIpc) is 3.28. The Labute approximate surface area is 196 Å². The van der Waals surface area contributed by atoms with Crippen molar-refractivity contribution in [3.63, 3.8) is 0 Å². The van der Waals surface area contributed by atoms with E-state index in [1.165, 1.54) is 19.3 Å². The van der Waals surface area contributed by atoms with E-state index in [4.69, 9.17) is 15.6 Å². The van der Waals surface area contributed by atoms with Gasteiger partial charge in [-0.2, -0.15) is 4.42 Å². The Morgan fingerprint density at radius 2 is 2.15 bits per heavy atom. The van der Waals surface area contributed by atoms with E-state index in [0.717, 1.165) is 17.1 Å². The molecule has 0 radical (unpaired) electrons. The lowest BCUT2D eigenvalue weighted by atomic mass is 10.1. The van der Waals surface area contributed by atoms with Crippen molar-refractivity contribution in [1.29, 1.82) is 0 Å². The number of aliphatic imine (C=N–C) groups is 1. The first-order valence-electron chi connectivity index (χ1n) is 10.7. The van der Waals surface area contributed by atoms with Crippen LogP contribution in [0.15, 0.2) is 71.7 Å². The van der Waals surface area contributed by atoms with E-state index in [1.54, 1.807) is 23.3 Å². The number of ether oxygens (including phenoxy) is 1. The molecule has 0 aromatic carbocycles. The molecule has 34 heavy (non-hydrogen) atoms. The van der Waals surface area contributed by atoms with Crippen LogP contribution in [-0.2, 0) is 9.16 Å². The smallest absolute Gasteiger partial charge is 0.401 e. The zero-order valence-electron chi connectivity index (χ0n) is 18.6. The Morgan fingerprint density at radius 3 is 2.85 bits per heavy atom. The second kappa shape index (κ2) is 10.1. The van der Waals surface area contributed by atoms with Crippen molar-refractivity contribution in [2.24, 2.45) is 4.99 Å². The number of allylic oxidation sites excluding steroid dienone is 6. The highest BCUT2D eigenvalue weighted by atomic mass is 19.1. The Kier molecular flexibility index (Phi) is 6.78.